The number of anilines is 1. The molecule has 10 atom stereocenters. The highest BCUT2D eigenvalue weighted by Crippen LogP contribution is 2.64. The minimum absolute atomic E-state index is 0.00813. The fourth-order valence-corrected chi connectivity index (χ4v) is 11.5. The van der Waals surface area contributed by atoms with Gasteiger partial charge in [0.05, 0.1) is 38.8 Å². The number of hydrogen-bond donors (Lipinski definition) is 3. The van der Waals surface area contributed by atoms with Gasteiger partial charge in [-0.2, -0.15) is 0 Å². The van der Waals surface area contributed by atoms with Crippen LogP contribution in [0, 0.1) is 0 Å². The normalized spacial score (nSPS) is 29.5. The van der Waals surface area contributed by atoms with E-state index < -0.39 is 101 Å². The van der Waals surface area contributed by atoms with Gasteiger partial charge in [-0.3, -0.25) is 27.5 Å². The third kappa shape index (κ3) is 12.7. The number of nitrogens with one attached hydrogen (secondary N) is 1. The molecule has 4 aromatic rings. The van der Waals surface area contributed by atoms with E-state index in [1.807, 2.05) is 0 Å². The fraction of sp³-hybridized carbons (Fsp3) is 0.718. The number of H-pyrrole nitrogens is 1. The monoisotopic (exact) mass is 991 g/mol. The van der Waals surface area contributed by atoms with Crippen LogP contribution in [0.5, 0.6) is 0 Å². The van der Waals surface area contributed by atoms with Gasteiger partial charge in [0.15, 0.2) is 53.4 Å². The zero-order chi connectivity index (χ0) is 46.7. The summed E-state index contributed by atoms with van der Waals surface area (Å²) in [4.78, 5) is 58.6. The summed E-state index contributed by atoms with van der Waals surface area (Å²) in [6.07, 6.45) is 4.65. The molecule has 2 bridgehead atoms. The standard InChI is InChI=1S/C39H57F2N9O13P2S/c1-2-3-4-5-6-7-8-9-10-11-12-13-14-15-16-56-39(52)58-24-66-65(55)60-18-26-31(28(41)37(62-26)49-21-47-29-33(42)43-19-44-34(29)49)57-23-64(53,54)59-17-25-27(40)32(63-65)38(61-25)50-22-48-30-35(50)45-20-46-36(30)51/h19-22,25-28,31-32,37-38H,2-18,23-24H2,1H3,(H,53,54)(H2,42,43,44)(H,45,46,51)/t25-,26-,27-,28-,31-,32-,37-,38-,65?/m1/s1. The molecule has 0 aromatic carbocycles. The zero-order valence-electron chi connectivity index (χ0n) is 36.5. The van der Waals surface area contributed by atoms with E-state index in [0.717, 1.165) is 49.2 Å². The summed E-state index contributed by atoms with van der Waals surface area (Å²) in [5, 5.41) is 0. The van der Waals surface area contributed by atoms with Crippen molar-refractivity contribution in [3.8, 4) is 0 Å². The molecule has 7 rings (SSSR count). The molecule has 0 amide bonds. The van der Waals surface area contributed by atoms with Crippen molar-refractivity contribution in [1.29, 1.82) is 0 Å². The largest absolute Gasteiger partial charge is 0.509 e. The summed E-state index contributed by atoms with van der Waals surface area (Å²) >= 11 is 0.352. The average molecular weight is 992 g/mol. The second-order valence-corrected chi connectivity index (χ2v) is 22.0. The van der Waals surface area contributed by atoms with E-state index in [1.165, 1.54) is 68.7 Å². The molecule has 27 heteroatoms. The minimum atomic E-state index is -4.75. The maximum absolute atomic E-state index is 16.5. The Labute approximate surface area is 382 Å². The van der Waals surface area contributed by atoms with E-state index in [-0.39, 0.29) is 34.8 Å². The molecular weight excluding hydrogens is 934 g/mol. The molecule has 3 fully saturated rings. The molecule has 2 unspecified atom stereocenters. The van der Waals surface area contributed by atoms with Crippen molar-refractivity contribution in [3.63, 3.8) is 0 Å². The van der Waals surface area contributed by atoms with E-state index in [9.17, 15) is 23.6 Å². The number of unbranched alkanes of at least 4 members (excludes halogenated alkanes) is 13. The highest BCUT2D eigenvalue weighted by molar-refractivity contribution is 8.55. The maximum atomic E-state index is 16.5. The van der Waals surface area contributed by atoms with Crippen molar-refractivity contribution in [2.75, 3.05) is 37.8 Å². The van der Waals surface area contributed by atoms with Crippen LogP contribution in [0.1, 0.15) is 109 Å². The molecule has 3 aliphatic heterocycles. The van der Waals surface area contributed by atoms with Crippen molar-refractivity contribution in [1.82, 2.24) is 39.0 Å². The molecule has 4 aromatic heterocycles. The Balaban J connectivity index is 1.01. The molecule has 0 aliphatic carbocycles. The number of carbonyl (C=O) groups is 1. The summed E-state index contributed by atoms with van der Waals surface area (Å²) < 4.78 is 108. The van der Waals surface area contributed by atoms with Crippen molar-refractivity contribution in [2.45, 2.75) is 146 Å². The van der Waals surface area contributed by atoms with Crippen LogP contribution in [-0.2, 0) is 46.4 Å². The number of nitrogens with two attached hydrogens (primary N) is 1. The first-order chi connectivity index (χ1) is 31.9. The van der Waals surface area contributed by atoms with Crippen LogP contribution in [-0.4, -0.2) is 119 Å². The Hall–Kier alpha value is -3.64. The summed E-state index contributed by atoms with van der Waals surface area (Å²) in [7, 11) is -4.75. The predicted octanol–water partition coefficient (Wildman–Crippen LogP) is 7.41. The first kappa shape index (κ1) is 50.2. The number of rotatable bonds is 20. The van der Waals surface area contributed by atoms with Crippen LogP contribution in [0.3, 0.4) is 0 Å². The number of aromatic amines is 1. The molecule has 0 saturated carbocycles. The molecule has 3 saturated heterocycles. The van der Waals surface area contributed by atoms with Gasteiger partial charge in [0.2, 0.25) is 0 Å². The fourth-order valence-electron chi connectivity index (χ4n) is 7.97. The quantitative estimate of drug-likeness (QED) is 0.0336. The number of hydrogen-bond acceptors (Lipinski definition) is 19. The zero-order valence-corrected chi connectivity index (χ0v) is 39.1. The molecule has 66 heavy (non-hydrogen) atoms. The van der Waals surface area contributed by atoms with Crippen LogP contribution in [0.25, 0.3) is 22.3 Å². The van der Waals surface area contributed by atoms with Gasteiger partial charge in [0.1, 0.15) is 42.6 Å². The van der Waals surface area contributed by atoms with Crippen LogP contribution >= 0.6 is 25.8 Å². The smallest absolute Gasteiger partial charge is 0.434 e. The van der Waals surface area contributed by atoms with Gasteiger partial charge in [-0.25, -0.2) is 43.1 Å². The van der Waals surface area contributed by atoms with Gasteiger partial charge in [0.25, 0.3) is 5.56 Å². The van der Waals surface area contributed by atoms with Gasteiger partial charge >= 0.3 is 20.5 Å². The van der Waals surface area contributed by atoms with E-state index in [0.29, 0.717) is 17.8 Å². The number of nitrogen functional groups attached to an aromatic ring is 1. The van der Waals surface area contributed by atoms with Gasteiger partial charge in [-0.1, -0.05) is 90.4 Å². The lowest BCUT2D eigenvalue weighted by atomic mass is 10.0. The number of imidazole rings is 2. The number of carbonyl (C=O) groups excluding carboxylic acids is 1. The lowest BCUT2D eigenvalue weighted by Crippen LogP contribution is -2.36. The summed E-state index contributed by atoms with van der Waals surface area (Å²) in [5.74, 6) is -0.661. The van der Waals surface area contributed by atoms with Crippen LogP contribution in [0.15, 0.2) is 30.1 Å². The maximum Gasteiger partial charge on any atom is 0.509 e. The summed E-state index contributed by atoms with van der Waals surface area (Å²) in [5.41, 5.74) is 5.32. The minimum Gasteiger partial charge on any atom is -0.434 e. The highest BCUT2D eigenvalue weighted by Gasteiger charge is 2.54. The van der Waals surface area contributed by atoms with Crippen molar-refractivity contribution in [2.24, 2.45) is 0 Å². The van der Waals surface area contributed by atoms with Gasteiger partial charge in [-0.05, 0) is 6.42 Å². The van der Waals surface area contributed by atoms with Gasteiger partial charge in [-0.15, -0.1) is 0 Å². The topological polar surface area (TPSA) is 278 Å². The first-order valence-corrected chi connectivity index (χ1v) is 27.1. The summed E-state index contributed by atoms with van der Waals surface area (Å²) in [6.45, 7) is -4.07. The molecule has 366 valence electrons. The van der Waals surface area contributed by atoms with Crippen molar-refractivity contribution < 1.29 is 64.9 Å². The number of alkyl halides is 2. The van der Waals surface area contributed by atoms with Crippen LogP contribution < -0.4 is 11.3 Å². The molecule has 22 nitrogen and oxygen atoms in total. The number of nitrogens with zero attached hydrogens (tertiary/aromatic N) is 7. The van der Waals surface area contributed by atoms with Gasteiger partial charge < -0.3 is 43.8 Å². The Kier molecular flexibility index (Phi) is 18.0. The lowest BCUT2D eigenvalue weighted by molar-refractivity contribution is -0.0551. The molecule has 0 spiro atoms. The molecular formula is C39H57F2N9O13P2S. The third-order valence-corrected chi connectivity index (χ3v) is 15.8. The number of fused-ring (bicyclic) bond motifs is 5. The number of ether oxygens (including phenoxy) is 5. The first-order valence-electron chi connectivity index (χ1n) is 22.3. The predicted molar refractivity (Wildman–Crippen MR) is 235 cm³/mol. The van der Waals surface area contributed by atoms with Crippen molar-refractivity contribution in [3.05, 3.63) is 35.7 Å². The summed E-state index contributed by atoms with van der Waals surface area (Å²) in [6, 6.07) is 0. The molecule has 0 radical (unpaired) electrons. The Morgan fingerprint density at radius 2 is 1.44 bits per heavy atom. The van der Waals surface area contributed by atoms with E-state index >= 15 is 8.78 Å². The van der Waals surface area contributed by atoms with Crippen LogP contribution in [0.2, 0.25) is 0 Å². The third-order valence-electron chi connectivity index (χ3n) is 11.5. The Morgan fingerprint density at radius 1 is 0.818 bits per heavy atom. The number of halogens is 2. The number of aromatic nitrogens is 8. The lowest BCUT2D eigenvalue weighted by Gasteiger charge is -2.27. The average Bonchev–Trinajstić information content (AvgIpc) is 4.07. The Morgan fingerprint density at radius 3 is 2.15 bits per heavy atom. The van der Waals surface area contributed by atoms with Gasteiger partial charge in [0, 0.05) is 11.4 Å². The highest BCUT2D eigenvalue weighted by atomic mass is 32.7. The molecule has 3 aliphatic rings. The van der Waals surface area contributed by atoms with Crippen molar-refractivity contribution >= 4 is 60.1 Å². The second kappa shape index (κ2) is 23.6. The SMILES string of the molecule is CCCCCCCCCCCCCCCCOC(=O)OCSP1(=O)OC[C@H]2O[C@@H](n3cnc4c(N)ncnc43)[C@H](F)[C@@H]2OCP(=O)(O)OC[C@H]2O[C@@H](n3cnc4c(=O)[nH]cnc43)[C@H](O1)[C@@H]2F. The van der Waals surface area contributed by atoms with E-state index in [4.69, 9.17) is 43.0 Å². The Bertz CT molecular complexity index is 2370. The molecule has 7 heterocycles. The van der Waals surface area contributed by atoms with E-state index in [2.05, 4.69) is 36.8 Å². The van der Waals surface area contributed by atoms with Crippen LogP contribution in [0.4, 0.5) is 19.4 Å². The second-order valence-electron chi connectivity index (χ2n) is 16.3. The molecule has 4 N–H and O–H groups in total. The van der Waals surface area contributed by atoms with E-state index in [1.54, 1.807) is 0 Å².